The third kappa shape index (κ3) is 4.55. The van der Waals surface area contributed by atoms with Crippen LogP contribution in [0.5, 0.6) is 0 Å². The molecule has 0 aliphatic rings. The number of nitro benzene ring substituents is 1. The van der Waals surface area contributed by atoms with Gasteiger partial charge in [-0.1, -0.05) is 0 Å². The Hall–Kier alpha value is -3.53. The number of carboxylic acids is 1. The minimum Gasteiger partial charge on any atom is -0.477 e. The molecule has 0 aliphatic heterocycles. The fraction of sp³-hybridized carbons (Fsp3) is 0. The van der Waals surface area contributed by atoms with Crippen molar-refractivity contribution < 1.29 is 23.6 Å². The number of aromatic nitrogens is 2. The van der Waals surface area contributed by atoms with Gasteiger partial charge in [0.1, 0.15) is 10.7 Å². The van der Waals surface area contributed by atoms with Crippen LogP contribution in [0.3, 0.4) is 0 Å². The molecule has 8 nitrogen and oxygen atoms in total. The van der Waals surface area contributed by atoms with Crippen LogP contribution in [0, 0.1) is 15.9 Å². The van der Waals surface area contributed by atoms with Gasteiger partial charge in [0.15, 0.2) is 0 Å². The normalized spacial score (nSPS) is 11.4. The Morgan fingerprint density at radius 1 is 1.15 bits per heavy atom. The van der Waals surface area contributed by atoms with Crippen molar-refractivity contribution in [2.75, 3.05) is 0 Å². The Morgan fingerprint density at radius 3 is 2.41 bits per heavy atom. The lowest BCUT2D eigenvalue weighted by atomic mass is 10.2. The second-order valence-electron chi connectivity index (χ2n) is 5.14. The van der Waals surface area contributed by atoms with Crippen molar-refractivity contribution in [3.05, 3.63) is 74.9 Å². The number of non-ortho nitro benzene ring substituents is 1. The molecule has 10 heteroatoms. The van der Waals surface area contributed by atoms with Crippen molar-refractivity contribution in [2.24, 2.45) is 0 Å². The summed E-state index contributed by atoms with van der Waals surface area (Å²) in [6.07, 6.45) is 1.33. The second-order valence-corrected chi connectivity index (χ2v) is 6.14. The molecule has 0 saturated heterocycles. The number of hydrogen-bond donors (Lipinski definition) is 1. The molecule has 0 radical (unpaired) electrons. The van der Waals surface area contributed by atoms with Crippen LogP contribution in [0.1, 0.15) is 5.56 Å². The van der Waals surface area contributed by atoms with E-state index in [-0.39, 0.29) is 21.7 Å². The molecule has 0 aliphatic carbocycles. The number of thioether (sulfide) groups is 1. The third-order valence-corrected chi connectivity index (χ3v) is 4.16. The van der Waals surface area contributed by atoms with Gasteiger partial charge in [0, 0.05) is 17.7 Å². The Morgan fingerprint density at radius 2 is 1.81 bits per heavy atom. The molecule has 0 unspecified atom stereocenters. The van der Waals surface area contributed by atoms with E-state index in [9.17, 15) is 24.4 Å². The van der Waals surface area contributed by atoms with Gasteiger partial charge in [-0.15, -0.1) is 10.2 Å². The zero-order valence-corrected chi connectivity index (χ0v) is 14.2. The zero-order valence-electron chi connectivity index (χ0n) is 13.4. The molecule has 0 fully saturated rings. The Labute approximate surface area is 155 Å². The summed E-state index contributed by atoms with van der Waals surface area (Å²) in [6.45, 7) is 0. The standard InChI is InChI=1S/C17H10FN3O5S/c18-12-5-3-11(4-6-12)15-19-20-17(26-15)27-14(16(22)23)9-10-1-7-13(8-2-10)21(24)25/h1-9H,(H,22,23). The highest BCUT2D eigenvalue weighted by molar-refractivity contribution is 8.03. The number of benzene rings is 2. The van der Waals surface area contributed by atoms with Gasteiger partial charge in [0.05, 0.1) is 4.92 Å². The van der Waals surface area contributed by atoms with Gasteiger partial charge in [-0.3, -0.25) is 10.1 Å². The number of rotatable bonds is 6. The summed E-state index contributed by atoms with van der Waals surface area (Å²) >= 11 is 0.734. The lowest BCUT2D eigenvalue weighted by Crippen LogP contribution is -1.97. The maximum Gasteiger partial charge on any atom is 0.342 e. The molecule has 27 heavy (non-hydrogen) atoms. The van der Waals surface area contributed by atoms with Gasteiger partial charge in [0.25, 0.3) is 10.9 Å². The number of carbonyl (C=O) groups is 1. The van der Waals surface area contributed by atoms with Crippen LogP contribution in [0.2, 0.25) is 0 Å². The van der Waals surface area contributed by atoms with Crippen molar-refractivity contribution >= 4 is 29.5 Å². The predicted octanol–water partition coefficient (Wildman–Crippen LogP) is 4.00. The topological polar surface area (TPSA) is 119 Å². The van der Waals surface area contributed by atoms with Crippen LogP contribution in [-0.4, -0.2) is 26.2 Å². The molecule has 0 spiro atoms. The van der Waals surface area contributed by atoms with E-state index in [2.05, 4.69) is 10.2 Å². The first-order valence-electron chi connectivity index (χ1n) is 7.39. The van der Waals surface area contributed by atoms with E-state index in [0.717, 1.165) is 11.8 Å². The van der Waals surface area contributed by atoms with Gasteiger partial charge in [-0.2, -0.15) is 0 Å². The molecule has 0 saturated carbocycles. The highest BCUT2D eigenvalue weighted by Gasteiger charge is 2.16. The van der Waals surface area contributed by atoms with Gasteiger partial charge in [-0.25, -0.2) is 9.18 Å². The van der Waals surface area contributed by atoms with Crippen molar-refractivity contribution in [2.45, 2.75) is 5.22 Å². The zero-order chi connectivity index (χ0) is 19.4. The predicted molar refractivity (Wildman–Crippen MR) is 94.3 cm³/mol. The number of halogens is 1. The van der Waals surface area contributed by atoms with Crippen LogP contribution in [-0.2, 0) is 4.79 Å². The van der Waals surface area contributed by atoms with E-state index in [1.807, 2.05) is 0 Å². The summed E-state index contributed by atoms with van der Waals surface area (Å²) in [7, 11) is 0. The Kier molecular flexibility index (Phi) is 5.27. The molecule has 0 bridgehead atoms. The lowest BCUT2D eigenvalue weighted by Gasteiger charge is -1.99. The first-order valence-corrected chi connectivity index (χ1v) is 8.21. The van der Waals surface area contributed by atoms with Crippen LogP contribution in [0.25, 0.3) is 17.5 Å². The average Bonchev–Trinajstić information content (AvgIpc) is 3.10. The SMILES string of the molecule is O=C(O)C(=Cc1ccc([N+](=O)[O-])cc1)Sc1nnc(-c2ccc(F)cc2)o1. The first-order chi connectivity index (χ1) is 12.9. The molecule has 0 amide bonds. The molecular weight excluding hydrogens is 377 g/mol. The van der Waals surface area contributed by atoms with E-state index >= 15 is 0 Å². The smallest absolute Gasteiger partial charge is 0.342 e. The van der Waals surface area contributed by atoms with E-state index in [1.54, 1.807) is 0 Å². The van der Waals surface area contributed by atoms with E-state index in [1.165, 1.54) is 54.6 Å². The molecule has 1 heterocycles. The average molecular weight is 387 g/mol. The summed E-state index contributed by atoms with van der Waals surface area (Å²) in [5, 5.41) is 27.6. The van der Waals surface area contributed by atoms with Crippen LogP contribution >= 0.6 is 11.8 Å². The molecule has 2 aromatic carbocycles. The van der Waals surface area contributed by atoms with Crippen molar-refractivity contribution in [1.82, 2.24) is 10.2 Å². The summed E-state index contributed by atoms with van der Waals surface area (Å²) in [5.41, 5.74) is 0.855. The number of nitro groups is 1. The summed E-state index contributed by atoms with van der Waals surface area (Å²) in [4.78, 5) is 21.5. The summed E-state index contributed by atoms with van der Waals surface area (Å²) in [5.74, 6) is -1.51. The Balaban J connectivity index is 1.81. The summed E-state index contributed by atoms with van der Waals surface area (Å²) in [6, 6.07) is 10.8. The minimum absolute atomic E-state index is 0.00936. The molecule has 3 aromatic rings. The highest BCUT2D eigenvalue weighted by Crippen LogP contribution is 2.30. The maximum atomic E-state index is 13.0. The van der Waals surface area contributed by atoms with Gasteiger partial charge in [-0.05, 0) is 59.8 Å². The fourth-order valence-electron chi connectivity index (χ4n) is 2.03. The molecule has 0 atom stereocenters. The van der Waals surface area contributed by atoms with Crippen molar-refractivity contribution in [3.63, 3.8) is 0 Å². The molecule has 136 valence electrons. The first kappa shape index (κ1) is 18.3. The number of hydrogen-bond acceptors (Lipinski definition) is 7. The lowest BCUT2D eigenvalue weighted by molar-refractivity contribution is -0.384. The van der Waals surface area contributed by atoms with Crippen LogP contribution in [0.15, 0.2) is 63.1 Å². The van der Waals surface area contributed by atoms with E-state index < -0.39 is 16.7 Å². The van der Waals surface area contributed by atoms with Crippen LogP contribution in [0.4, 0.5) is 10.1 Å². The van der Waals surface area contributed by atoms with E-state index in [0.29, 0.717) is 11.1 Å². The fourth-order valence-corrected chi connectivity index (χ4v) is 2.71. The van der Waals surface area contributed by atoms with Crippen LogP contribution < -0.4 is 0 Å². The molecular formula is C17H10FN3O5S. The maximum absolute atomic E-state index is 13.0. The number of carboxylic acid groups (broad SMARTS) is 1. The van der Waals surface area contributed by atoms with Crippen molar-refractivity contribution in [3.8, 4) is 11.5 Å². The summed E-state index contributed by atoms with van der Waals surface area (Å²) < 4.78 is 18.4. The minimum atomic E-state index is -1.22. The highest BCUT2D eigenvalue weighted by atomic mass is 32.2. The van der Waals surface area contributed by atoms with E-state index in [4.69, 9.17) is 4.42 Å². The molecule has 1 N–H and O–H groups in total. The Bertz CT molecular complexity index is 1020. The van der Waals surface area contributed by atoms with Gasteiger partial charge < -0.3 is 9.52 Å². The van der Waals surface area contributed by atoms with Crippen molar-refractivity contribution in [1.29, 1.82) is 0 Å². The molecule has 3 rings (SSSR count). The third-order valence-electron chi connectivity index (χ3n) is 3.31. The van der Waals surface area contributed by atoms with Gasteiger partial charge >= 0.3 is 5.97 Å². The number of nitrogens with zero attached hydrogens (tertiary/aromatic N) is 3. The quantitative estimate of drug-likeness (QED) is 0.292. The largest absolute Gasteiger partial charge is 0.477 e. The van der Waals surface area contributed by atoms with Gasteiger partial charge in [0.2, 0.25) is 5.89 Å². The monoisotopic (exact) mass is 387 g/mol. The second kappa shape index (κ2) is 7.79. The molecule has 1 aromatic heterocycles. The number of aliphatic carboxylic acids is 1.